The average Bonchev–Trinajstić information content (AvgIpc) is 3.07. The predicted octanol–water partition coefficient (Wildman–Crippen LogP) is 2.32. The summed E-state index contributed by atoms with van der Waals surface area (Å²) < 4.78 is 19.9. The number of benzene rings is 1. The summed E-state index contributed by atoms with van der Waals surface area (Å²) in [4.78, 5) is 25.4. The van der Waals surface area contributed by atoms with Crippen molar-refractivity contribution in [2.45, 2.75) is 10.9 Å². The first-order valence-electron chi connectivity index (χ1n) is 8.89. The maximum Gasteiger partial charge on any atom is 0.414 e. The number of hydrogen-bond acceptors (Lipinski definition) is 6. The molecule has 1 atom stereocenters. The number of alkyl halides is 2. The van der Waals surface area contributed by atoms with Gasteiger partial charge in [-0.25, -0.2) is 9.18 Å². The monoisotopic (exact) mass is 443 g/mol. The number of nitrogens with one attached hydrogen (secondary N) is 1. The second-order valence-corrected chi connectivity index (χ2v) is 7.52. The zero-order chi connectivity index (χ0) is 21.0. The van der Waals surface area contributed by atoms with Gasteiger partial charge in [0.2, 0.25) is 0 Å². The molecule has 0 unspecified atom stereocenters. The molecule has 0 spiro atoms. The van der Waals surface area contributed by atoms with Crippen molar-refractivity contribution in [3.8, 4) is 0 Å². The van der Waals surface area contributed by atoms with Crippen molar-refractivity contribution in [2.24, 2.45) is 5.10 Å². The van der Waals surface area contributed by atoms with Gasteiger partial charge in [-0.3, -0.25) is 14.7 Å². The van der Waals surface area contributed by atoms with Crippen molar-refractivity contribution in [1.29, 1.82) is 0 Å². The molecule has 2 amide bonds. The number of ether oxygens (including phenoxy) is 1. The molecule has 0 saturated carbocycles. The van der Waals surface area contributed by atoms with E-state index in [1.54, 1.807) is 29.4 Å². The second kappa shape index (κ2) is 9.32. The van der Waals surface area contributed by atoms with Crippen molar-refractivity contribution < 1.29 is 18.7 Å². The van der Waals surface area contributed by atoms with E-state index in [-0.39, 0.29) is 13.1 Å². The summed E-state index contributed by atoms with van der Waals surface area (Å²) in [5, 5.41) is 8.55. The molecule has 1 N–H and O–H groups in total. The molecule has 0 radical (unpaired) electrons. The van der Waals surface area contributed by atoms with Gasteiger partial charge in [-0.05, 0) is 18.2 Å². The molecular weight excluding hydrogens is 424 g/mol. The van der Waals surface area contributed by atoms with Crippen molar-refractivity contribution in [1.82, 2.24) is 10.3 Å². The highest BCUT2D eigenvalue weighted by molar-refractivity contribution is 6.53. The zero-order valence-electron chi connectivity index (χ0n) is 15.4. The van der Waals surface area contributed by atoms with Crippen LogP contribution in [0.5, 0.6) is 0 Å². The zero-order valence-corrected chi connectivity index (χ0v) is 16.9. The Bertz CT molecular complexity index is 823. The van der Waals surface area contributed by atoms with Gasteiger partial charge in [0.1, 0.15) is 18.3 Å². The Balaban J connectivity index is 1.64. The summed E-state index contributed by atoms with van der Waals surface area (Å²) in [6.07, 6.45) is 2.10. The van der Waals surface area contributed by atoms with E-state index in [0.717, 1.165) is 0 Å². The van der Waals surface area contributed by atoms with Crippen LogP contribution < -0.4 is 15.1 Å². The lowest BCUT2D eigenvalue weighted by molar-refractivity contribution is -0.119. The van der Waals surface area contributed by atoms with E-state index >= 15 is 0 Å². The highest BCUT2D eigenvalue weighted by Crippen LogP contribution is 2.28. The van der Waals surface area contributed by atoms with E-state index in [4.69, 9.17) is 27.9 Å². The quantitative estimate of drug-likeness (QED) is 0.516. The van der Waals surface area contributed by atoms with Crippen LogP contribution in [0, 0.1) is 5.82 Å². The van der Waals surface area contributed by atoms with Crippen LogP contribution in [-0.4, -0.2) is 67.0 Å². The number of hydrogen-bond donors (Lipinski definition) is 1. The van der Waals surface area contributed by atoms with Crippen molar-refractivity contribution >= 4 is 52.9 Å². The minimum atomic E-state index is -1.20. The van der Waals surface area contributed by atoms with Gasteiger partial charge in [0.05, 0.1) is 37.6 Å². The van der Waals surface area contributed by atoms with Crippen LogP contribution in [-0.2, 0) is 9.53 Å². The Morgan fingerprint density at radius 2 is 2.24 bits per heavy atom. The van der Waals surface area contributed by atoms with Crippen LogP contribution in [0.3, 0.4) is 0 Å². The third kappa shape index (κ3) is 5.10. The summed E-state index contributed by atoms with van der Waals surface area (Å²) in [6.45, 7) is 5.73. The summed E-state index contributed by atoms with van der Waals surface area (Å²) in [7, 11) is 0. The fourth-order valence-corrected chi connectivity index (χ4v) is 3.13. The van der Waals surface area contributed by atoms with Gasteiger partial charge in [0.25, 0.3) is 5.91 Å². The van der Waals surface area contributed by atoms with E-state index in [1.165, 1.54) is 11.0 Å². The standard InChI is InChI=1S/C18H20Cl2FN5O3/c1-2-5-25-7-6-24(11-23-25)15-4-3-12(8-14(15)21)26-10-13(29-18(26)28)9-22-17(27)16(19)20/h2-4,8,11,13,16H,1,5-7,9-10H2,(H,22,27)/t13-/m0/s1. The molecule has 1 aromatic rings. The van der Waals surface area contributed by atoms with Crippen molar-refractivity contribution in [3.63, 3.8) is 0 Å². The topological polar surface area (TPSA) is 77.5 Å². The minimum absolute atomic E-state index is 0.0586. The molecule has 0 aromatic heterocycles. The number of carbonyl (C=O) groups excluding carboxylic acids is 2. The Hall–Kier alpha value is -2.52. The number of amides is 2. The van der Waals surface area contributed by atoms with Crippen LogP contribution in [0.4, 0.5) is 20.6 Å². The molecule has 2 heterocycles. The first kappa shape index (κ1) is 21.2. The van der Waals surface area contributed by atoms with E-state index in [1.807, 2.05) is 5.01 Å². The Labute approximate surface area is 177 Å². The lowest BCUT2D eigenvalue weighted by Gasteiger charge is -2.29. The Morgan fingerprint density at radius 1 is 1.45 bits per heavy atom. The summed E-state index contributed by atoms with van der Waals surface area (Å²) in [6, 6.07) is 4.50. The van der Waals surface area contributed by atoms with Gasteiger partial charge in [-0.1, -0.05) is 29.3 Å². The molecule has 156 valence electrons. The van der Waals surface area contributed by atoms with Crippen LogP contribution in [0.2, 0.25) is 0 Å². The van der Waals surface area contributed by atoms with E-state index in [2.05, 4.69) is 17.0 Å². The molecule has 0 bridgehead atoms. The summed E-state index contributed by atoms with van der Waals surface area (Å²) in [5.74, 6) is -1.06. The third-order valence-electron chi connectivity index (χ3n) is 4.42. The lowest BCUT2D eigenvalue weighted by atomic mass is 10.2. The summed E-state index contributed by atoms with van der Waals surface area (Å²) >= 11 is 10.9. The minimum Gasteiger partial charge on any atom is -0.442 e. The highest BCUT2D eigenvalue weighted by atomic mass is 35.5. The number of anilines is 2. The molecule has 2 aliphatic rings. The highest BCUT2D eigenvalue weighted by Gasteiger charge is 2.33. The average molecular weight is 444 g/mol. The third-order valence-corrected chi connectivity index (χ3v) is 4.82. The normalized spacial score (nSPS) is 19.0. The smallest absolute Gasteiger partial charge is 0.414 e. The number of rotatable bonds is 7. The van der Waals surface area contributed by atoms with Gasteiger partial charge in [0, 0.05) is 6.54 Å². The number of nitrogens with zero attached hydrogens (tertiary/aromatic N) is 4. The molecule has 1 aromatic carbocycles. The van der Waals surface area contributed by atoms with E-state index < -0.39 is 28.8 Å². The second-order valence-electron chi connectivity index (χ2n) is 6.42. The first-order valence-corrected chi connectivity index (χ1v) is 9.76. The SMILES string of the molecule is C=CCN1CCN(c2ccc(N3C[C@H](CNC(=O)C(Cl)Cl)OC3=O)cc2F)C=N1. The van der Waals surface area contributed by atoms with Crippen LogP contribution >= 0.6 is 23.2 Å². The number of halogens is 3. The van der Waals surface area contributed by atoms with Gasteiger partial charge >= 0.3 is 6.09 Å². The van der Waals surface area contributed by atoms with Crippen LogP contribution in [0.15, 0.2) is 36.0 Å². The van der Waals surface area contributed by atoms with Gasteiger partial charge in [0.15, 0.2) is 4.84 Å². The molecule has 8 nitrogen and oxygen atoms in total. The predicted molar refractivity (Wildman–Crippen MR) is 110 cm³/mol. The van der Waals surface area contributed by atoms with Gasteiger partial charge in [-0.15, -0.1) is 6.58 Å². The van der Waals surface area contributed by atoms with Crippen molar-refractivity contribution in [3.05, 3.63) is 36.7 Å². The number of hydrazone groups is 1. The van der Waals surface area contributed by atoms with Crippen molar-refractivity contribution in [2.75, 3.05) is 42.5 Å². The first-order chi connectivity index (χ1) is 13.9. The molecule has 1 fully saturated rings. The fraction of sp³-hybridized carbons (Fsp3) is 0.389. The molecule has 29 heavy (non-hydrogen) atoms. The molecule has 2 aliphatic heterocycles. The van der Waals surface area contributed by atoms with E-state index in [0.29, 0.717) is 31.0 Å². The van der Waals surface area contributed by atoms with E-state index in [9.17, 15) is 14.0 Å². The van der Waals surface area contributed by atoms with Crippen LogP contribution in [0.1, 0.15) is 0 Å². The lowest BCUT2D eigenvalue weighted by Crippen LogP contribution is -2.38. The fourth-order valence-electron chi connectivity index (χ4n) is 2.97. The number of cyclic esters (lactones) is 1. The Morgan fingerprint density at radius 3 is 2.86 bits per heavy atom. The maximum atomic E-state index is 14.7. The largest absolute Gasteiger partial charge is 0.442 e. The molecular formula is C18H20Cl2FN5O3. The Kier molecular flexibility index (Phi) is 6.81. The maximum absolute atomic E-state index is 14.7. The molecule has 3 rings (SSSR count). The van der Waals surface area contributed by atoms with Crippen LogP contribution in [0.25, 0.3) is 0 Å². The molecule has 1 saturated heterocycles. The molecule has 0 aliphatic carbocycles. The van der Waals surface area contributed by atoms with Gasteiger partial charge < -0.3 is 15.0 Å². The molecule has 11 heteroatoms. The number of carbonyl (C=O) groups is 2. The summed E-state index contributed by atoms with van der Waals surface area (Å²) in [5.41, 5.74) is 0.724. The van der Waals surface area contributed by atoms with Gasteiger partial charge in [-0.2, -0.15) is 5.10 Å².